The van der Waals surface area contributed by atoms with Crippen molar-refractivity contribution in [1.82, 2.24) is 4.57 Å². The quantitative estimate of drug-likeness (QED) is 0.249. The van der Waals surface area contributed by atoms with Crippen LogP contribution in [-0.2, 0) is 4.79 Å². The van der Waals surface area contributed by atoms with Crippen molar-refractivity contribution < 1.29 is 9.90 Å². The molecule has 0 spiro atoms. The third-order valence-electron chi connectivity index (χ3n) is 5.51. The lowest BCUT2D eigenvalue weighted by molar-refractivity contribution is -0.132. The highest BCUT2D eigenvalue weighted by Gasteiger charge is 2.14. The summed E-state index contributed by atoms with van der Waals surface area (Å²) in [6.45, 7) is 2.09. The summed E-state index contributed by atoms with van der Waals surface area (Å²) < 4.78 is 2.28. The summed E-state index contributed by atoms with van der Waals surface area (Å²) in [5, 5.41) is 20.5. The molecule has 154 valence electrons. The van der Waals surface area contributed by atoms with Crippen molar-refractivity contribution in [3.63, 3.8) is 0 Å². The Bertz CT molecular complexity index is 1560. The fourth-order valence-corrected chi connectivity index (χ4v) is 4.92. The van der Waals surface area contributed by atoms with Crippen LogP contribution < -0.4 is 0 Å². The normalized spacial score (nSPS) is 11.7. The van der Waals surface area contributed by atoms with Crippen LogP contribution in [0.1, 0.15) is 10.4 Å². The largest absolute Gasteiger partial charge is 0.477 e. The van der Waals surface area contributed by atoms with E-state index < -0.39 is 5.97 Å². The Balaban J connectivity index is 1.66. The number of nitriles is 1. The van der Waals surface area contributed by atoms with Crippen LogP contribution in [-0.4, -0.2) is 15.6 Å². The van der Waals surface area contributed by atoms with Crippen molar-refractivity contribution in [2.75, 3.05) is 0 Å². The Morgan fingerprint density at radius 1 is 0.969 bits per heavy atom. The fraction of sp³-hybridized carbons (Fsp3) is 0.0370. The van der Waals surface area contributed by atoms with Crippen LogP contribution in [0, 0.1) is 18.3 Å². The standard InChI is InChI=1S/C27H18N2O2S/c1-17-6-9-20(10-7-17)29-24-5-3-2-4-22(24)23-15-18(8-12-25(23)29)26-13-11-21(32-26)14-19(16-28)27(30)31/h2-15H,1H3,(H,30,31)/b19-14+. The minimum Gasteiger partial charge on any atom is -0.477 e. The van der Waals surface area contributed by atoms with E-state index in [4.69, 9.17) is 10.4 Å². The summed E-state index contributed by atoms with van der Waals surface area (Å²) in [6.07, 6.45) is 1.41. The predicted octanol–water partition coefficient (Wildman–Crippen LogP) is 6.81. The van der Waals surface area contributed by atoms with Gasteiger partial charge in [0.05, 0.1) is 11.0 Å². The fourth-order valence-electron chi connectivity index (χ4n) is 3.97. The molecule has 0 saturated carbocycles. The Kier molecular flexibility index (Phi) is 4.85. The van der Waals surface area contributed by atoms with Gasteiger partial charge in [0.25, 0.3) is 0 Å². The number of fused-ring (bicyclic) bond motifs is 3. The van der Waals surface area contributed by atoms with Crippen LogP contribution in [0.5, 0.6) is 0 Å². The van der Waals surface area contributed by atoms with Crippen molar-refractivity contribution >= 4 is 45.2 Å². The molecule has 0 bridgehead atoms. The number of nitrogens with zero attached hydrogens (tertiary/aromatic N) is 2. The Morgan fingerprint density at radius 2 is 1.72 bits per heavy atom. The van der Waals surface area contributed by atoms with Gasteiger partial charge in [-0.15, -0.1) is 11.3 Å². The van der Waals surface area contributed by atoms with E-state index >= 15 is 0 Å². The molecular formula is C27H18N2O2S. The number of carboxylic acid groups (broad SMARTS) is 1. The highest BCUT2D eigenvalue weighted by atomic mass is 32.1. The van der Waals surface area contributed by atoms with E-state index in [0.717, 1.165) is 37.4 Å². The lowest BCUT2D eigenvalue weighted by Gasteiger charge is -2.08. The number of para-hydroxylation sites is 1. The number of benzene rings is 3. The van der Waals surface area contributed by atoms with Crippen molar-refractivity contribution in [3.8, 4) is 22.2 Å². The smallest absolute Gasteiger partial charge is 0.346 e. The Morgan fingerprint density at radius 3 is 2.47 bits per heavy atom. The maximum atomic E-state index is 11.1. The lowest BCUT2D eigenvalue weighted by Crippen LogP contribution is -1.96. The van der Waals surface area contributed by atoms with Crippen molar-refractivity contribution in [2.24, 2.45) is 0 Å². The molecule has 2 aromatic heterocycles. The molecule has 1 N–H and O–H groups in total. The van der Waals surface area contributed by atoms with Gasteiger partial charge in [-0.25, -0.2) is 4.79 Å². The van der Waals surface area contributed by atoms with E-state index in [2.05, 4.69) is 78.2 Å². The van der Waals surface area contributed by atoms with Crippen LogP contribution in [0.25, 0.3) is 44.0 Å². The third-order valence-corrected chi connectivity index (χ3v) is 6.59. The van der Waals surface area contributed by atoms with Crippen LogP contribution in [0.3, 0.4) is 0 Å². The van der Waals surface area contributed by atoms with Gasteiger partial charge < -0.3 is 9.67 Å². The predicted molar refractivity (Wildman–Crippen MR) is 130 cm³/mol. The number of carboxylic acids is 1. The molecular weight excluding hydrogens is 416 g/mol. The summed E-state index contributed by atoms with van der Waals surface area (Å²) in [4.78, 5) is 12.9. The van der Waals surface area contributed by atoms with Gasteiger partial charge in [-0.2, -0.15) is 5.26 Å². The average Bonchev–Trinajstić information content (AvgIpc) is 3.40. The molecule has 0 aliphatic carbocycles. The zero-order chi connectivity index (χ0) is 22.2. The monoisotopic (exact) mass is 434 g/mol. The van der Waals surface area contributed by atoms with E-state index in [-0.39, 0.29) is 5.57 Å². The molecule has 0 fully saturated rings. The third kappa shape index (κ3) is 3.37. The molecule has 5 aromatic rings. The summed E-state index contributed by atoms with van der Waals surface area (Å²) in [5.74, 6) is -1.22. The topological polar surface area (TPSA) is 66.0 Å². The van der Waals surface area contributed by atoms with Crippen molar-refractivity contribution in [3.05, 3.63) is 94.9 Å². The molecule has 5 heteroatoms. The van der Waals surface area contributed by atoms with E-state index in [1.807, 2.05) is 12.1 Å². The van der Waals surface area contributed by atoms with E-state index in [1.165, 1.54) is 28.4 Å². The molecule has 0 aliphatic rings. The van der Waals surface area contributed by atoms with Gasteiger partial charge >= 0.3 is 5.97 Å². The molecule has 2 heterocycles. The second-order valence-corrected chi connectivity index (χ2v) is 8.71. The Labute approximate surface area is 188 Å². The first-order valence-electron chi connectivity index (χ1n) is 10.1. The molecule has 0 unspecified atom stereocenters. The zero-order valence-corrected chi connectivity index (χ0v) is 18.1. The van der Waals surface area contributed by atoms with E-state index in [1.54, 1.807) is 6.07 Å². The van der Waals surface area contributed by atoms with Gasteiger partial charge in [-0.3, -0.25) is 0 Å². The van der Waals surface area contributed by atoms with Gasteiger partial charge in [-0.05, 0) is 61.0 Å². The maximum Gasteiger partial charge on any atom is 0.346 e. The van der Waals surface area contributed by atoms with Crippen LogP contribution in [0.4, 0.5) is 0 Å². The SMILES string of the molecule is Cc1ccc(-n2c3ccccc3c3cc(-c4ccc(/C=C(\C#N)C(=O)O)s4)ccc32)cc1. The minimum atomic E-state index is -1.22. The van der Waals surface area contributed by atoms with Crippen LogP contribution >= 0.6 is 11.3 Å². The van der Waals surface area contributed by atoms with Crippen molar-refractivity contribution in [2.45, 2.75) is 6.92 Å². The summed E-state index contributed by atoms with van der Waals surface area (Å²) in [7, 11) is 0. The second-order valence-electron chi connectivity index (χ2n) is 7.60. The number of aliphatic carboxylic acids is 1. The molecule has 0 saturated heterocycles. The van der Waals surface area contributed by atoms with E-state index in [9.17, 15) is 4.79 Å². The number of rotatable bonds is 4. The molecule has 5 rings (SSSR count). The van der Waals surface area contributed by atoms with Gasteiger partial charge in [0.2, 0.25) is 0 Å². The highest BCUT2D eigenvalue weighted by molar-refractivity contribution is 7.16. The highest BCUT2D eigenvalue weighted by Crippen LogP contribution is 2.37. The molecule has 3 aromatic carbocycles. The minimum absolute atomic E-state index is 0.268. The second kappa shape index (κ2) is 7.84. The molecule has 0 aliphatic heterocycles. The van der Waals surface area contributed by atoms with Gasteiger partial charge in [0.1, 0.15) is 11.6 Å². The molecule has 4 nitrogen and oxygen atoms in total. The molecule has 32 heavy (non-hydrogen) atoms. The number of thiophene rings is 1. The van der Waals surface area contributed by atoms with Gasteiger partial charge in [-0.1, -0.05) is 42.0 Å². The number of aromatic nitrogens is 1. The number of carbonyl (C=O) groups is 1. The summed E-state index contributed by atoms with van der Waals surface area (Å²) in [6, 6.07) is 28.9. The number of hydrogen-bond donors (Lipinski definition) is 1. The van der Waals surface area contributed by atoms with Crippen LogP contribution in [0.2, 0.25) is 0 Å². The first-order chi connectivity index (χ1) is 15.5. The maximum absolute atomic E-state index is 11.1. The molecule has 0 atom stereocenters. The van der Waals surface area contributed by atoms with Crippen LogP contribution in [0.15, 0.2) is 84.4 Å². The van der Waals surface area contributed by atoms with Gasteiger partial charge in [0.15, 0.2) is 0 Å². The van der Waals surface area contributed by atoms with E-state index in [0.29, 0.717) is 0 Å². The first kappa shape index (κ1) is 19.8. The number of aryl methyl sites for hydroxylation is 1. The first-order valence-corrected chi connectivity index (χ1v) is 10.9. The summed E-state index contributed by atoms with van der Waals surface area (Å²) >= 11 is 1.47. The average molecular weight is 435 g/mol. The number of hydrogen-bond acceptors (Lipinski definition) is 3. The lowest BCUT2D eigenvalue weighted by atomic mass is 10.1. The Hall–Kier alpha value is -4.14. The molecule has 0 radical (unpaired) electrons. The van der Waals surface area contributed by atoms with Crippen molar-refractivity contribution in [1.29, 1.82) is 5.26 Å². The molecule has 0 amide bonds. The zero-order valence-electron chi connectivity index (χ0n) is 17.2. The summed E-state index contributed by atoms with van der Waals surface area (Å²) in [5.41, 5.74) is 5.42. The van der Waals surface area contributed by atoms with Gasteiger partial charge in [0, 0.05) is 26.2 Å².